The molecule has 7 nitrogen and oxygen atoms in total. The van der Waals surface area contributed by atoms with E-state index in [-0.39, 0.29) is 35.4 Å². The number of pyridine rings is 1. The Morgan fingerprint density at radius 3 is 2.47 bits per heavy atom. The Kier molecular flexibility index (Phi) is 6.92. The van der Waals surface area contributed by atoms with Crippen LogP contribution in [0.2, 0.25) is 0 Å². The van der Waals surface area contributed by atoms with Crippen LogP contribution < -0.4 is 10.6 Å². The molecule has 30 heavy (non-hydrogen) atoms. The van der Waals surface area contributed by atoms with E-state index in [1.807, 2.05) is 0 Å². The van der Waals surface area contributed by atoms with Gasteiger partial charge in [0.15, 0.2) is 9.84 Å². The monoisotopic (exact) mass is 423 g/mol. The van der Waals surface area contributed by atoms with Crippen molar-refractivity contribution in [1.82, 2.24) is 10.3 Å². The Bertz CT molecular complexity index is 1120. The van der Waals surface area contributed by atoms with Crippen LogP contribution in [0.3, 0.4) is 0 Å². The maximum absolute atomic E-state index is 12.5. The number of rotatable bonds is 8. The number of amides is 2. The maximum Gasteiger partial charge on any atom is 0.251 e. The first-order valence-corrected chi connectivity index (χ1v) is 10.9. The fourth-order valence-corrected chi connectivity index (χ4v) is 4.14. The molecule has 3 aromatic rings. The number of anilines is 1. The predicted molar refractivity (Wildman–Crippen MR) is 114 cm³/mol. The number of benzene rings is 2. The minimum Gasteiger partial charge on any atom is -0.352 e. The molecule has 1 heterocycles. The highest BCUT2D eigenvalue weighted by atomic mass is 32.2. The van der Waals surface area contributed by atoms with Crippen LogP contribution in [0.25, 0.3) is 0 Å². The van der Waals surface area contributed by atoms with Crippen molar-refractivity contribution in [2.24, 2.45) is 0 Å². The van der Waals surface area contributed by atoms with E-state index in [1.165, 1.54) is 6.20 Å². The molecule has 154 valence electrons. The third-order valence-electron chi connectivity index (χ3n) is 4.23. The van der Waals surface area contributed by atoms with Crippen molar-refractivity contribution < 1.29 is 18.0 Å². The van der Waals surface area contributed by atoms with Gasteiger partial charge in [-0.25, -0.2) is 8.42 Å². The summed E-state index contributed by atoms with van der Waals surface area (Å²) < 4.78 is 25.1. The van der Waals surface area contributed by atoms with Gasteiger partial charge in [0.25, 0.3) is 5.91 Å². The Balaban J connectivity index is 1.55. The summed E-state index contributed by atoms with van der Waals surface area (Å²) in [5.74, 6) is -0.819. The Morgan fingerprint density at radius 2 is 1.73 bits per heavy atom. The molecule has 3 rings (SSSR count). The zero-order chi connectivity index (χ0) is 21.4. The van der Waals surface area contributed by atoms with Gasteiger partial charge in [-0.3, -0.25) is 14.6 Å². The van der Waals surface area contributed by atoms with Crippen molar-refractivity contribution in [3.05, 3.63) is 90.3 Å². The van der Waals surface area contributed by atoms with Crippen LogP contribution in [0.1, 0.15) is 22.3 Å². The number of hydrogen-bond donors (Lipinski definition) is 2. The Hall–Kier alpha value is -3.52. The standard InChI is InChI=1S/C22H21N3O4S/c26-21(25-19-8-5-12-23-15-19)11-13-24-22(27)18-7-4-6-17(14-18)16-30(28,29)20-9-2-1-3-10-20/h1-10,12,14-15H,11,13,16H2,(H,24,27)(H,25,26). The quantitative estimate of drug-likeness (QED) is 0.580. The first-order valence-electron chi connectivity index (χ1n) is 9.29. The molecule has 0 fully saturated rings. The molecule has 0 atom stereocenters. The molecule has 0 aliphatic carbocycles. The number of carbonyl (C=O) groups is 2. The van der Waals surface area contributed by atoms with Crippen LogP contribution in [0.5, 0.6) is 0 Å². The Labute approximate surface area is 175 Å². The SMILES string of the molecule is O=C(CCNC(=O)c1cccc(CS(=O)(=O)c2ccccc2)c1)Nc1cccnc1. The molecule has 0 unspecified atom stereocenters. The fraction of sp³-hybridized carbons (Fsp3) is 0.136. The zero-order valence-electron chi connectivity index (χ0n) is 16.1. The molecule has 1 aromatic heterocycles. The van der Waals surface area contributed by atoms with E-state index in [2.05, 4.69) is 15.6 Å². The average Bonchev–Trinajstić information content (AvgIpc) is 2.75. The summed E-state index contributed by atoms with van der Waals surface area (Å²) in [6.07, 6.45) is 3.24. The van der Waals surface area contributed by atoms with Crippen molar-refractivity contribution in [2.75, 3.05) is 11.9 Å². The fourth-order valence-electron chi connectivity index (χ4n) is 2.78. The molecule has 0 saturated heterocycles. The van der Waals surface area contributed by atoms with Crippen LogP contribution in [-0.2, 0) is 20.4 Å². The van der Waals surface area contributed by atoms with Gasteiger partial charge >= 0.3 is 0 Å². The highest BCUT2D eigenvalue weighted by molar-refractivity contribution is 7.90. The highest BCUT2D eigenvalue weighted by Gasteiger charge is 2.16. The van der Waals surface area contributed by atoms with E-state index >= 15 is 0 Å². The van der Waals surface area contributed by atoms with Crippen molar-refractivity contribution in [2.45, 2.75) is 17.1 Å². The first kappa shape index (κ1) is 21.2. The van der Waals surface area contributed by atoms with Crippen LogP contribution in [-0.4, -0.2) is 31.8 Å². The van der Waals surface area contributed by atoms with E-state index < -0.39 is 9.84 Å². The molecule has 0 bridgehead atoms. The summed E-state index contributed by atoms with van der Waals surface area (Å²) >= 11 is 0. The number of nitrogens with one attached hydrogen (secondary N) is 2. The maximum atomic E-state index is 12.5. The average molecular weight is 423 g/mol. The lowest BCUT2D eigenvalue weighted by Gasteiger charge is -2.08. The van der Waals surface area contributed by atoms with E-state index in [0.717, 1.165) is 0 Å². The molecule has 8 heteroatoms. The predicted octanol–water partition coefficient (Wildman–Crippen LogP) is 2.81. The van der Waals surface area contributed by atoms with Crippen LogP contribution >= 0.6 is 0 Å². The second-order valence-electron chi connectivity index (χ2n) is 6.57. The first-order chi connectivity index (χ1) is 14.4. The topological polar surface area (TPSA) is 105 Å². The number of hydrogen-bond acceptors (Lipinski definition) is 5. The van der Waals surface area contributed by atoms with Crippen molar-refractivity contribution in [3.8, 4) is 0 Å². The van der Waals surface area contributed by atoms with Gasteiger partial charge in [-0.2, -0.15) is 0 Å². The smallest absolute Gasteiger partial charge is 0.251 e. The van der Waals surface area contributed by atoms with Gasteiger partial charge in [0.05, 0.1) is 22.5 Å². The molecule has 2 N–H and O–H groups in total. The van der Waals surface area contributed by atoms with E-state index in [9.17, 15) is 18.0 Å². The molecule has 0 saturated carbocycles. The Morgan fingerprint density at radius 1 is 0.933 bits per heavy atom. The van der Waals surface area contributed by atoms with Gasteiger partial charge < -0.3 is 10.6 Å². The van der Waals surface area contributed by atoms with E-state index in [4.69, 9.17) is 0 Å². The van der Waals surface area contributed by atoms with Gasteiger partial charge in [0.2, 0.25) is 5.91 Å². The summed E-state index contributed by atoms with van der Waals surface area (Å²) in [7, 11) is -3.50. The molecule has 2 amide bonds. The van der Waals surface area contributed by atoms with Crippen molar-refractivity contribution in [3.63, 3.8) is 0 Å². The molecular formula is C22H21N3O4S. The lowest BCUT2D eigenvalue weighted by Crippen LogP contribution is -2.27. The molecule has 0 radical (unpaired) electrons. The second-order valence-corrected chi connectivity index (χ2v) is 8.56. The summed E-state index contributed by atoms with van der Waals surface area (Å²) in [6.45, 7) is 0.150. The summed E-state index contributed by atoms with van der Waals surface area (Å²) in [5.41, 5.74) is 1.44. The van der Waals surface area contributed by atoms with Gasteiger partial charge in [0, 0.05) is 24.7 Å². The summed E-state index contributed by atoms with van der Waals surface area (Å²) in [4.78, 5) is 28.4. The second kappa shape index (κ2) is 9.80. The molecule has 0 aliphatic heterocycles. The highest BCUT2D eigenvalue weighted by Crippen LogP contribution is 2.17. The third kappa shape index (κ3) is 5.99. The number of aromatic nitrogens is 1. The molecule has 0 aliphatic rings. The molecule has 2 aromatic carbocycles. The van der Waals surface area contributed by atoms with Gasteiger partial charge in [-0.15, -0.1) is 0 Å². The lowest BCUT2D eigenvalue weighted by atomic mass is 10.1. The minimum atomic E-state index is -3.50. The van der Waals surface area contributed by atoms with Crippen molar-refractivity contribution in [1.29, 1.82) is 0 Å². The number of sulfone groups is 1. The normalized spacial score (nSPS) is 10.9. The summed E-state index contributed by atoms with van der Waals surface area (Å²) in [6, 6.07) is 18.1. The van der Waals surface area contributed by atoms with Crippen LogP contribution in [0.4, 0.5) is 5.69 Å². The van der Waals surface area contributed by atoms with Gasteiger partial charge in [-0.1, -0.05) is 30.3 Å². The van der Waals surface area contributed by atoms with Gasteiger partial charge in [0.1, 0.15) is 0 Å². The van der Waals surface area contributed by atoms with E-state index in [1.54, 1.807) is 72.9 Å². The largest absolute Gasteiger partial charge is 0.352 e. The molecule has 0 spiro atoms. The zero-order valence-corrected chi connectivity index (χ0v) is 16.9. The van der Waals surface area contributed by atoms with Crippen LogP contribution in [0.15, 0.2) is 84.0 Å². The van der Waals surface area contributed by atoms with Crippen LogP contribution in [0, 0.1) is 0 Å². The summed E-state index contributed by atoms with van der Waals surface area (Å²) in [5, 5.41) is 5.36. The lowest BCUT2D eigenvalue weighted by molar-refractivity contribution is -0.116. The van der Waals surface area contributed by atoms with E-state index in [0.29, 0.717) is 16.8 Å². The third-order valence-corrected chi connectivity index (χ3v) is 5.93. The molecular weight excluding hydrogens is 402 g/mol. The van der Waals surface area contributed by atoms with Gasteiger partial charge in [-0.05, 0) is 42.0 Å². The minimum absolute atomic E-state index is 0.0999. The van der Waals surface area contributed by atoms with Crippen molar-refractivity contribution >= 4 is 27.3 Å². The number of nitrogens with zero attached hydrogens (tertiary/aromatic N) is 1. The number of carbonyl (C=O) groups excluding carboxylic acids is 2.